The fraction of sp³-hybridized carbons (Fsp3) is 0. The van der Waals surface area contributed by atoms with E-state index >= 15 is 0 Å². The number of halogens is 2. The summed E-state index contributed by atoms with van der Waals surface area (Å²) in [6, 6.07) is 4.92. The molecule has 0 spiro atoms. The second-order valence-electron chi connectivity index (χ2n) is 3.65. The molecule has 4 nitrogen and oxygen atoms in total. The van der Waals surface area contributed by atoms with E-state index in [1.165, 1.54) is 0 Å². The van der Waals surface area contributed by atoms with E-state index in [0.29, 0.717) is 26.3 Å². The van der Waals surface area contributed by atoms with Crippen LogP contribution in [0.25, 0.3) is 11.0 Å². The molecule has 0 saturated heterocycles. The minimum absolute atomic E-state index is 0.234. The molecule has 3 aromatic heterocycles. The first-order valence-electron chi connectivity index (χ1n) is 5.08. The zero-order valence-corrected chi connectivity index (χ0v) is 11.2. The largest absolute Gasteiger partial charge is 0.446 e. The zero-order valence-electron chi connectivity index (χ0n) is 8.91. The second kappa shape index (κ2) is 4.26. The van der Waals surface area contributed by atoms with Crippen molar-refractivity contribution in [3.63, 3.8) is 0 Å². The van der Waals surface area contributed by atoms with Crippen molar-refractivity contribution in [2.45, 2.75) is 0 Å². The lowest BCUT2D eigenvalue weighted by molar-refractivity contribution is 0.101. The third-order valence-electron chi connectivity index (χ3n) is 2.56. The Bertz CT molecular complexity index is 747. The van der Waals surface area contributed by atoms with E-state index in [-0.39, 0.29) is 11.5 Å². The van der Waals surface area contributed by atoms with Gasteiger partial charge < -0.3 is 9.40 Å². The van der Waals surface area contributed by atoms with Crippen LogP contribution in [0.2, 0.25) is 5.02 Å². The van der Waals surface area contributed by atoms with Gasteiger partial charge in [0.2, 0.25) is 5.78 Å². The van der Waals surface area contributed by atoms with Crippen LogP contribution >= 0.6 is 27.5 Å². The summed E-state index contributed by atoms with van der Waals surface area (Å²) in [7, 11) is 0. The molecule has 0 aliphatic rings. The molecule has 90 valence electrons. The fourth-order valence-electron chi connectivity index (χ4n) is 1.76. The summed E-state index contributed by atoms with van der Waals surface area (Å²) in [4.78, 5) is 19.3. The fourth-order valence-corrected chi connectivity index (χ4v) is 2.32. The maximum atomic E-state index is 12.3. The molecular weight excluding hydrogens is 320 g/mol. The molecule has 6 heteroatoms. The second-order valence-corrected chi connectivity index (χ2v) is 4.84. The van der Waals surface area contributed by atoms with Gasteiger partial charge in [0.25, 0.3) is 0 Å². The van der Waals surface area contributed by atoms with E-state index in [1.54, 1.807) is 30.6 Å². The van der Waals surface area contributed by atoms with E-state index in [1.807, 2.05) is 0 Å². The van der Waals surface area contributed by atoms with E-state index in [4.69, 9.17) is 16.0 Å². The van der Waals surface area contributed by atoms with Gasteiger partial charge in [0.05, 0.1) is 10.6 Å². The first-order valence-corrected chi connectivity index (χ1v) is 6.25. The average Bonchev–Trinajstić information content (AvgIpc) is 2.95. The molecule has 0 radical (unpaired) electrons. The standard InChI is InChI=1S/C12H6BrClN2O2/c13-9-2-1-8(18-9)11(17)6-5-16-12-10(6)7(14)3-4-15-12/h1-5H,(H,15,16). The van der Waals surface area contributed by atoms with Crippen LogP contribution < -0.4 is 0 Å². The highest BCUT2D eigenvalue weighted by Crippen LogP contribution is 2.27. The predicted molar refractivity (Wildman–Crippen MR) is 70.9 cm³/mol. The topological polar surface area (TPSA) is 58.9 Å². The minimum Gasteiger partial charge on any atom is -0.446 e. The third kappa shape index (κ3) is 1.76. The van der Waals surface area contributed by atoms with Crippen LogP contribution in [0.4, 0.5) is 0 Å². The lowest BCUT2D eigenvalue weighted by Gasteiger charge is -1.97. The van der Waals surface area contributed by atoms with Crippen molar-refractivity contribution in [3.8, 4) is 0 Å². The molecule has 3 rings (SSSR count). The Morgan fingerprint density at radius 3 is 2.94 bits per heavy atom. The van der Waals surface area contributed by atoms with Crippen molar-refractivity contribution in [2.24, 2.45) is 0 Å². The Morgan fingerprint density at radius 2 is 2.22 bits per heavy atom. The molecule has 1 N–H and O–H groups in total. The van der Waals surface area contributed by atoms with Crippen molar-refractivity contribution in [1.29, 1.82) is 0 Å². The summed E-state index contributed by atoms with van der Waals surface area (Å²) in [5.41, 5.74) is 1.03. The monoisotopic (exact) mass is 324 g/mol. The van der Waals surface area contributed by atoms with Crippen molar-refractivity contribution in [3.05, 3.63) is 51.6 Å². The van der Waals surface area contributed by atoms with Gasteiger partial charge in [0.15, 0.2) is 10.4 Å². The first kappa shape index (κ1) is 11.5. The number of hydrogen-bond acceptors (Lipinski definition) is 3. The van der Waals surface area contributed by atoms with E-state index < -0.39 is 0 Å². The average molecular weight is 326 g/mol. The van der Waals surface area contributed by atoms with Crippen LogP contribution in [0.3, 0.4) is 0 Å². The number of aromatic nitrogens is 2. The number of nitrogens with one attached hydrogen (secondary N) is 1. The van der Waals surface area contributed by atoms with E-state index in [2.05, 4.69) is 25.9 Å². The van der Waals surface area contributed by atoms with Gasteiger partial charge in [-0.15, -0.1) is 0 Å². The first-order chi connectivity index (χ1) is 8.66. The summed E-state index contributed by atoms with van der Waals surface area (Å²) in [6.45, 7) is 0. The predicted octanol–water partition coefficient (Wildman–Crippen LogP) is 3.80. The number of fused-ring (bicyclic) bond motifs is 1. The quantitative estimate of drug-likeness (QED) is 0.729. The smallest absolute Gasteiger partial charge is 0.230 e. The van der Waals surface area contributed by atoms with Crippen molar-refractivity contribution >= 4 is 44.3 Å². The molecule has 0 unspecified atom stereocenters. The van der Waals surface area contributed by atoms with E-state index in [0.717, 1.165) is 0 Å². The molecular formula is C12H6BrClN2O2. The molecule has 0 atom stereocenters. The number of rotatable bonds is 2. The van der Waals surface area contributed by atoms with Gasteiger partial charge in [0.1, 0.15) is 5.65 Å². The van der Waals surface area contributed by atoms with Crippen molar-refractivity contribution < 1.29 is 9.21 Å². The lowest BCUT2D eigenvalue weighted by atomic mass is 10.1. The summed E-state index contributed by atoms with van der Waals surface area (Å²) in [5.74, 6) is 0.0181. The molecule has 0 fully saturated rings. The molecule has 0 aromatic carbocycles. The van der Waals surface area contributed by atoms with Gasteiger partial charge in [-0.2, -0.15) is 0 Å². The molecule has 0 aliphatic heterocycles. The van der Waals surface area contributed by atoms with Gasteiger partial charge in [-0.3, -0.25) is 4.79 Å². The van der Waals surface area contributed by atoms with Crippen molar-refractivity contribution in [2.75, 3.05) is 0 Å². The van der Waals surface area contributed by atoms with Gasteiger partial charge in [-0.05, 0) is 34.1 Å². The normalized spacial score (nSPS) is 11.0. The van der Waals surface area contributed by atoms with Crippen LogP contribution in [-0.2, 0) is 0 Å². The van der Waals surface area contributed by atoms with Gasteiger partial charge in [0, 0.05) is 17.8 Å². The number of nitrogens with zero attached hydrogens (tertiary/aromatic N) is 1. The third-order valence-corrected chi connectivity index (χ3v) is 3.31. The molecule has 0 aliphatic carbocycles. The summed E-state index contributed by atoms with van der Waals surface area (Å²) in [6.07, 6.45) is 3.17. The molecule has 0 amide bonds. The van der Waals surface area contributed by atoms with Gasteiger partial charge in [-0.1, -0.05) is 11.6 Å². The SMILES string of the molecule is O=C(c1ccc(Br)o1)c1c[nH]c2nccc(Cl)c12. The van der Waals surface area contributed by atoms with Gasteiger partial charge in [-0.25, -0.2) is 4.98 Å². The minimum atomic E-state index is -0.234. The summed E-state index contributed by atoms with van der Waals surface area (Å²) in [5, 5.41) is 1.09. The van der Waals surface area contributed by atoms with Crippen LogP contribution in [0.5, 0.6) is 0 Å². The Labute approximate surface area is 115 Å². The Hall–Kier alpha value is -1.59. The number of aromatic amines is 1. The van der Waals surface area contributed by atoms with Crippen LogP contribution in [-0.4, -0.2) is 15.8 Å². The maximum absolute atomic E-state index is 12.3. The Balaban J connectivity index is 2.18. The zero-order chi connectivity index (χ0) is 12.7. The molecule has 18 heavy (non-hydrogen) atoms. The number of H-pyrrole nitrogens is 1. The number of furan rings is 1. The highest BCUT2D eigenvalue weighted by Gasteiger charge is 2.19. The number of ketones is 1. The molecule has 0 bridgehead atoms. The summed E-state index contributed by atoms with van der Waals surface area (Å²) >= 11 is 9.25. The molecule has 0 saturated carbocycles. The number of carbonyl (C=O) groups is 1. The Morgan fingerprint density at radius 1 is 1.39 bits per heavy atom. The van der Waals surface area contributed by atoms with Crippen LogP contribution in [0, 0.1) is 0 Å². The Kier molecular flexibility index (Phi) is 2.72. The molecule has 3 heterocycles. The number of hydrogen-bond donors (Lipinski definition) is 1. The summed E-state index contributed by atoms with van der Waals surface area (Å²) < 4.78 is 5.76. The van der Waals surface area contributed by atoms with Crippen molar-refractivity contribution in [1.82, 2.24) is 9.97 Å². The lowest BCUT2D eigenvalue weighted by Crippen LogP contribution is -1.98. The highest BCUT2D eigenvalue weighted by molar-refractivity contribution is 9.10. The molecule has 3 aromatic rings. The van der Waals surface area contributed by atoms with E-state index in [9.17, 15) is 4.79 Å². The maximum Gasteiger partial charge on any atom is 0.230 e. The number of pyridine rings is 1. The van der Waals surface area contributed by atoms with Crippen LogP contribution in [0.15, 0.2) is 39.7 Å². The van der Waals surface area contributed by atoms with Crippen LogP contribution in [0.1, 0.15) is 16.1 Å². The van der Waals surface area contributed by atoms with Gasteiger partial charge >= 0.3 is 0 Å². The number of carbonyl (C=O) groups excluding carboxylic acids is 1. The highest BCUT2D eigenvalue weighted by atomic mass is 79.9.